The van der Waals surface area contributed by atoms with Crippen molar-refractivity contribution >= 4 is 10.5 Å². The molecule has 0 heterocycles. The van der Waals surface area contributed by atoms with Gasteiger partial charge in [0, 0.05) is 12.0 Å². The van der Waals surface area contributed by atoms with Crippen LogP contribution in [0.3, 0.4) is 0 Å². The van der Waals surface area contributed by atoms with E-state index in [9.17, 15) is 32.2 Å². The maximum Gasteiger partial charge on any atom is 0.267 e. The summed E-state index contributed by atoms with van der Waals surface area (Å²) in [6, 6.07) is 0. The quantitative estimate of drug-likeness (QED) is 0.141. The Labute approximate surface area is 152 Å². The Kier molecular flexibility index (Phi) is 9.70. The monoisotopic (exact) mass is 400 g/mol. The number of hydrogen-bond acceptors (Lipinski definition) is 3. The number of benzene rings is 1. The number of halogens is 5. The zero-order chi connectivity index (χ0) is 19.7. The molecule has 0 unspecified atom stereocenters. The molecule has 1 aromatic carbocycles. The van der Waals surface area contributed by atoms with E-state index in [0.29, 0.717) is 19.3 Å². The molecule has 0 radical (unpaired) electrons. The summed E-state index contributed by atoms with van der Waals surface area (Å²) >= 11 is 0. The second kappa shape index (κ2) is 11.0. The van der Waals surface area contributed by atoms with Crippen LogP contribution in [0.1, 0.15) is 63.4 Å². The van der Waals surface area contributed by atoms with Crippen LogP contribution in [-0.2, 0) is 10.8 Å². The maximum absolute atomic E-state index is 13.5. The summed E-state index contributed by atoms with van der Waals surface area (Å²) in [4.78, 5) is 0. The van der Waals surface area contributed by atoms with Crippen molar-refractivity contribution in [1.29, 1.82) is 0 Å². The van der Waals surface area contributed by atoms with Crippen LogP contribution in [0, 0.1) is 29.1 Å². The Morgan fingerprint density at radius 3 is 1.50 bits per heavy atom. The van der Waals surface area contributed by atoms with Gasteiger partial charge in [0.05, 0.1) is 0 Å². The average Bonchev–Trinajstić information content (AvgIpc) is 2.62. The Balaban J connectivity index is 2.19. The molecule has 9 heteroatoms. The van der Waals surface area contributed by atoms with Crippen LogP contribution in [-0.4, -0.2) is 26.7 Å². The molecule has 1 rings (SSSR count). The van der Waals surface area contributed by atoms with E-state index >= 15 is 0 Å². The molecule has 0 saturated heterocycles. The Bertz CT molecular complexity index is 555. The van der Waals surface area contributed by atoms with Crippen LogP contribution < -0.4 is 0 Å². The van der Waals surface area contributed by atoms with Crippen molar-refractivity contribution in [3.05, 3.63) is 34.6 Å². The predicted octanol–water partition coefficient (Wildman–Crippen LogP) is 3.37. The predicted molar refractivity (Wildman–Crippen MR) is 89.7 cm³/mol. The minimum absolute atomic E-state index is 0.165. The fourth-order valence-corrected chi connectivity index (χ4v) is 2.89. The van der Waals surface area contributed by atoms with Gasteiger partial charge in [-0.25, -0.2) is 22.0 Å². The first kappa shape index (κ1) is 23.0. The molecular weight excluding hydrogens is 375 g/mol. The zero-order valence-corrected chi connectivity index (χ0v) is 16.8. The van der Waals surface area contributed by atoms with Gasteiger partial charge < -0.3 is 14.6 Å². The van der Waals surface area contributed by atoms with E-state index in [-0.39, 0.29) is 23.3 Å². The van der Waals surface area contributed by atoms with Gasteiger partial charge in [0.25, 0.3) is 5.97 Å². The van der Waals surface area contributed by atoms with Gasteiger partial charge in [-0.1, -0.05) is 38.5 Å². The van der Waals surface area contributed by atoms with Gasteiger partial charge in [-0.2, -0.15) is 0 Å². The molecule has 0 aromatic heterocycles. The Morgan fingerprint density at radius 1 is 0.654 bits per heavy atom. The third-order valence-electron chi connectivity index (χ3n) is 4.31. The average molecular weight is 400 g/mol. The largest absolute Gasteiger partial charge is 0.381 e. The van der Waals surface area contributed by atoms with Gasteiger partial charge in [0.2, 0.25) is 5.82 Å². The molecule has 0 amide bonds. The highest BCUT2D eigenvalue weighted by Gasteiger charge is 2.25. The molecule has 0 spiro atoms. The van der Waals surface area contributed by atoms with E-state index in [1.165, 1.54) is 0 Å². The summed E-state index contributed by atoms with van der Waals surface area (Å²) in [7, 11) is 0.249. The van der Waals surface area contributed by atoms with Gasteiger partial charge in [-0.05, 0) is 19.3 Å². The SMILES string of the molecule is OC(O)(CCCCCCCCCCc1c(F)c(F)c(F)c(F)c1F)O[SiH3]. The van der Waals surface area contributed by atoms with Crippen molar-refractivity contribution in [1.82, 2.24) is 0 Å². The molecule has 3 nitrogen and oxygen atoms in total. The van der Waals surface area contributed by atoms with Crippen LogP contribution in [0.15, 0.2) is 0 Å². The molecule has 26 heavy (non-hydrogen) atoms. The summed E-state index contributed by atoms with van der Waals surface area (Å²) in [6.45, 7) is 0. The minimum Gasteiger partial charge on any atom is -0.381 e. The van der Waals surface area contributed by atoms with Crippen LogP contribution in [0.5, 0.6) is 0 Å². The highest BCUT2D eigenvalue weighted by molar-refractivity contribution is 5.98. The second-order valence-electron chi connectivity index (χ2n) is 6.32. The molecule has 150 valence electrons. The third kappa shape index (κ3) is 6.94. The van der Waals surface area contributed by atoms with E-state index in [4.69, 9.17) is 0 Å². The van der Waals surface area contributed by atoms with Gasteiger partial charge in [0.15, 0.2) is 33.8 Å². The fraction of sp³-hybridized carbons (Fsp3) is 0.647. The van der Waals surface area contributed by atoms with Gasteiger partial charge in [-0.15, -0.1) is 0 Å². The number of hydrogen-bond donors (Lipinski definition) is 2. The fourth-order valence-electron chi connectivity index (χ4n) is 2.69. The molecule has 1 aromatic rings. The third-order valence-corrected chi connectivity index (χ3v) is 4.96. The lowest BCUT2D eigenvalue weighted by Gasteiger charge is -2.19. The van der Waals surface area contributed by atoms with Gasteiger partial charge in [-0.3, -0.25) is 0 Å². The first-order chi connectivity index (χ1) is 12.2. The molecule has 0 aliphatic carbocycles. The van der Waals surface area contributed by atoms with Crippen molar-refractivity contribution in [2.24, 2.45) is 0 Å². The Hall–Kier alpha value is -1.03. The minimum atomic E-state index is -2.13. The molecule has 0 saturated carbocycles. The van der Waals surface area contributed by atoms with E-state index < -0.39 is 40.6 Å². The lowest BCUT2D eigenvalue weighted by molar-refractivity contribution is -0.295. The summed E-state index contributed by atoms with van der Waals surface area (Å²) in [6.07, 6.45) is 5.93. The van der Waals surface area contributed by atoms with Crippen LogP contribution >= 0.6 is 0 Å². The van der Waals surface area contributed by atoms with Crippen LogP contribution in [0.4, 0.5) is 22.0 Å². The molecule has 0 atom stereocenters. The van der Waals surface area contributed by atoms with Crippen molar-refractivity contribution in [3.8, 4) is 0 Å². The summed E-state index contributed by atoms with van der Waals surface area (Å²) in [5, 5.41) is 18.5. The van der Waals surface area contributed by atoms with E-state index in [0.717, 1.165) is 32.1 Å². The zero-order valence-electron chi connectivity index (χ0n) is 14.8. The van der Waals surface area contributed by atoms with Crippen molar-refractivity contribution < 1.29 is 36.6 Å². The first-order valence-corrected chi connectivity index (χ1v) is 9.53. The van der Waals surface area contributed by atoms with Gasteiger partial charge in [0.1, 0.15) is 0 Å². The molecule has 0 fully saturated rings. The number of rotatable bonds is 12. The summed E-state index contributed by atoms with van der Waals surface area (Å²) in [5.41, 5.74) is -0.751. The lowest BCUT2D eigenvalue weighted by Crippen LogP contribution is -2.30. The first-order valence-electron chi connectivity index (χ1n) is 8.71. The van der Waals surface area contributed by atoms with E-state index in [1.54, 1.807) is 0 Å². The summed E-state index contributed by atoms with van der Waals surface area (Å²) < 4.78 is 70.7. The molecule has 0 aliphatic heterocycles. The maximum atomic E-state index is 13.5. The van der Waals surface area contributed by atoms with Crippen molar-refractivity contribution in [3.63, 3.8) is 0 Å². The number of aliphatic hydroxyl groups is 2. The normalized spacial score (nSPS) is 12.1. The van der Waals surface area contributed by atoms with Crippen LogP contribution in [0.2, 0.25) is 0 Å². The molecule has 0 bridgehead atoms. The summed E-state index contributed by atoms with van der Waals surface area (Å²) in [5.74, 6) is -11.4. The topological polar surface area (TPSA) is 49.7 Å². The standard InChI is InChI=1S/C17H25F5O3Si/c18-12-11(13(19)15(21)16(22)14(12)20)9-7-5-3-1-2-4-6-8-10-17(23,24)25-26/h23-24H,1-10H2,26H3. The van der Waals surface area contributed by atoms with Gasteiger partial charge >= 0.3 is 0 Å². The van der Waals surface area contributed by atoms with E-state index in [2.05, 4.69) is 4.43 Å². The molecule has 2 N–H and O–H groups in total. The van der Waals surface area contributed by atoms with E-state index in [1.807, 2.05) is 0 Å². The Morgan fingerprint density at radius 2 is 1.04 bits per heavy atom. The number of unbranched alkanes of at least 4 members (excludes halogenated alkanes) is 7. The second-order valence-corrected chi connectivity index (χ2v) is 6.73. The molecular formula is C17H25F5O3Si. The van der Waals surface area contributed by atoms with Crippen molar-refractivity contribution in [2.75, 3.05) is 0 Å². The van der Waals surface area contributed by atoms with Crippen molar-refractivity contribution in [2.45, 2.75) is 70.2 Å². The molecule has 0 aliphatic rings. The highest BCUT2D eigenvalue weighted by Crippen LogP contribution is 2.24. The lowest BCUT2D eigenvalue weighted by atomic mass is 10.0. The smallest absolute Gasteiger partial charge is 0.267 e. The van der Waals surface area contributed by atoms with Crippen LogP contribution in [0.25, 0.3) is 0 Å². The highest BCUT2D eigenvalue weighted by atomic mass is 28.2.